The fraction of sp³-hybridized carbons (Fsp3) is 0.385. The molecule has 1 unspecified atom stereocenters. The molecule has 98 valence electrons. The van der Waals surface area contributed by atoms with E-state index in [0.717, 1.165) is 0 Å². The standard InChI is InChI=1S/C13H16O5/c1-3-17-11-6-9(4-5-10(11)15-2)13(14)12-7-16-8-18-12/h4-7,13-14H,3,8H2,1-2H3. The number of aliphatic hydroxyl groups is 1. The topological polar surface area (TPSA) is 57.2 Å². The number of methoxy groups -OCH3 is 1. The molecule has 1 N–H and O–H groups in total. The molecule has 0 spiro atoms. The average Bonchev–Trinajstić information content (AvgIpc) is 2.92. The highest BCUT2D eigenvalue weighted by Gasteiger charge is 2.20. The summed E-state index contributed by atoms with van der Waals surface area (Å²) in [5, 5.41) is 10.1. The van der Waals surface area contributed by atoms with Crippen LogP contribution in [0.3, 0.4) is 0 Å². The van der Waals surface area contributed by atoms with Crippen LogP contribution in [0.1, 0.15) is 18.6 Å². The first kappa shape index (κ1) is 12.6. The molecule has 0 saturated heterocycles. The Bertz CT molecular complexity index is 441. The third-order valence-electron chi connectivity index (χ3n) is 2.57. The Morgan fingerprint density at radius 1 is 1.39 bits per heavy atom. The highest BCUT2D eigenvalue weighted by molar-refractivity contribution is 5.44. The van der Waals surface area contributed by atoms with E-state index in [9.17, 15) is 5.11 Å². The van der Waals surface area contributed by atoms with Crippen molar-refractivity contribution in [3.05, 3.63) is 35.8 Å². The van der Waals surface area contributed by atoms with Crippen LogP contribution in [0.2, 0.25) is 0 Å². The van der Waals surface area contributed by atoms with Gasteiger partial charge in [0.1, 0.15) is 12.4 Å². The molecule has 0 aliphatic carbocycles. The molecule has 1 aromatic carbocycles. The fourth-order valence-electron chi connectivity index (χ4n) is 1.69. The van der Waals surface area contributed by atoms with Crippen molar-refractivity contribution in [1.29, 1.82) is 0 Å². The molecular weight excluding hydrogens is 236 g/mol. The first-order valence-corrected chi connectivity index (χ1v) is 5.69. The van der Waals surface area contributed by atoms with E-state index in [1.54, 1.807) is 25.3 Å². The summed E-state index contributed by atoms with van der Waals surface area (Å²) < 4.78 is 20.7. The van der Waals surface area contributed by atoms with E-state index in [2.05, 4.69) is 0 Å². The van der Waals surface area contributed by atoms with Crippen LogP contribution in [-0.4, -0.2) is 25.6 Å². The van der Waals surface area contributed by atoms with Gasteiger partial charge in [0.25, 0.3) is 0 Å². The zero-order valence-electron chi connectivity index (χ0n) is 10.4. The molecule has 0 bridgehead atoms. The predicted octanol–water partition coefficient (Wildman–Crippen LogP) is 1.97. The molecule has 0 aromatic heterocycles. The molecule has 18 heavy (non-hydrogen) atoms. The maximum Gasteiger partial charge on any atom is 0.230 e. The first-order chi connectivity index (χ1) is 8.76. The van der Waals surface area contributed by atoms with Gasteiger partial charge in [0.2, 0.25) is 6.79 Å². The fourth-order valence-corrected chi connectivity index (χ4v) is 1.69. The molecule has 1 heterocycles. The first-order valence-electron chi connectivity index (χ1n) is 5.69. The Kier molecular flexibility index (Phi) is 3.94. The summed E-state index contributed by atoms with van der Waals surface area (Å²) in [7, 11) is 1.57. The van der Waals surface area contributed by atoms with E-state index < -0.39 is 6.10 Å². The van der Waals surface area contributed by atoms with Gasteiger partial charge in [0, 0.05) is 0 Å². The zero-order valence-corrected chi connectivity index (χ0v) is 10.4. The van der Waals surface area contributed by atoms with Crippen molar-refractivity contribution in [3.8, 4) is 11.5 Å². The zero-order chi connectivity index (χ0) is 13.0. The molecule has 5 heteroatoms. The summed E-state index contributed by atoms with van der Waals surface area (Å²) in [5.74, 6) is 1.61. The van der Waals surface area contributed by atoms with Gasteiger partial charge in [-0.25, -0.2) is 0 Å². The molecule has 2 rings (SSSR count). The number of hydrogen-bond acceptors (Lipinski definition) is 5. The third kappa shape index (κ3) is 2.51. The van der Waals surface area contributed by atoms with E-state index in [1.165, 1.54) is 6.26 Å². The Balaban J connectivity index is 2.25. The molecule has 1 aromatic rings. The Labute approximate surface area is 106 Å². The molecule has 0 radical (unpaired) electrons. The van der Waals surface area contributed by atoms with Crippen LogP contribution in [0.4, 0.5) is 0 Å². The Morgan fingerprint density at radius 3 is 2.83 bits per heavy atom. The average molecular weight is 252 g/mol. The maximum absolute atomic E-state index is 10.1. The Hall–Kier alpha value is -1.88. The van der Waals surface area contributed by atoms with E-state index >= 15 is 0 Å². The molecule has 1 atom stereocenters. The lowest BCUT2D eigenvalue weighted by Gasteiger charge is -2.14. The molecule has 0 fully saturated rings. The summed E-state index contributed by atoms with van der Waals surface area (Å²) >= 11 is 0. The number of ether oxygens (including phenoxy) is 4. The van der Waals surface area contributed by atoms with Crippen LogP contribution < -0.4 is 9.47 Å². The molecule has 5 nitrogen and oxygen atoms in total. The highest BCUT2D eigenvalue weighted by Crippen LogP contribution is 2.33. The van der Waals surface area contributed by atoms with Crippen LogP contribution in [0.25, 0.3) is 0 Å². The van der Waals surface area contributed by atoms with Gasteiger partial charge in [-0.2, -0.15) is 0 Å². The summed E-state index contributed by atoms with van der Waals surface area (Å²) in [6, 6.07) is 5.24. The Morgan fingerprint density at radius 2 is 2.22 bits per heavy atom. The predicted molar refractivity (Wildman–Crippen MR) is 64.2 cm³/mol. The van der Waals surface area contributed by atoms with Crippen LogP contribution in [0.15, 0.2) is 30.2 Å². The monoisotopic (exact) mass is 252 g/mol. The van der Waals surface area contributed by atoms with Crippen molar-refractivity contribution >= 4 is 0 Å². The van der Waals surface area contributed by atoms with E-state index in [4.69, 9.17) is 18.9 Å². The summed E-state index contributed by atoms with van der Waals surface area (Å²) in [4.78, 5) is 0. The quantitative estimate of drug-likeness (QED) is 0.868. The van der Waals surface area contributed by atoms with Crippen LogP contribution in [0, 0.1) is 0 Å². The van der Waals surface area contributed by atoms with Crippen LogP contribution in [-0.2, 0) is 9.47 Å². The number of hydrogen-bond donors (Lipinski definition) is 1. The molecule has 0 saturated carbocycles. The minimum atomic E-state index is -0.863. The van der Waals surface area contributed by atoms with Crippen molar-refractivity contribution in [3.63, 3.8) is 0 Å². The van der Waals surface area contributed by atoms with E-state index in [0.29, 0.717) is 29.4 Å². The van der Waals surface area contributed by atoms with Crippen molar-refractivity contribution in [2.45, 2.75) is 13.0 Å². The number of rotatable bonds is 5. The lowest BCUT2D eigenvalue weighted by molar-refractivity contribution is 0.0499. The summed E-state index contributed by atoms with van der Waals surface area (Å²) in [5.41, 5.74) is 0.663. The van der Waals surface area contributed by atoms with Crippen molar-refractivity contribution in [2.24, 2.45) is 0 Å². The highest BCUT2D eigenvalue weighted by atomic mass is 16.7. The lowest BCUT2D eigenvalue weighted by Crippen LogP contribution is -2.04. The minimum Gasteiger partial charge on any atom is -0.493 e. The van der Waals surface area contributed by atoms with Crippen molar-refractivity contribution in [1.82, 2.24) is 0 Å². The summed E-state index contributed by atoms with van der Waals surface area (Å²) in [6.45, 7) is 2.55. The largest absolute Gasteiger partial charge is 0.493 e. The minimum absolute atomic E-state index is 0.140. The number of benzene rings is 1. The van der Waals surface area contributed by atoms with Gasteiger partial charge in [-0.1, -0.05) is 6.07 Å². The number of aliphatic hydroxyl groups excluding tert-OH is 1. The molecular formula is C13H16O5. The summed E-state index contributed by atoms with van der Waals surface area (Å²) in [6.07, 6.45) is 0.549. The second-order valence-electron chi connectivity index (χ2n) is 3.69. The van der Waals surface area contributed by atoms with Crippen molar-refractivity contribution in [2.75, 3.05) is 20.5 Å². The molecule has 1 aliphatic heterocycles. The second kappa shape index (κ2) is 5.64. The van der Waals surface area contributed by atoms with Gasteiger partial charge >= 0.3 is 0 Å². The lowest BCUT2D eigenvalue weighted by atomic mass is 10.1. The maximum atomic E-state index is 10.1. The van der Waals surface area contributed by atoms with Gasteiger partial charge in [0.15, 0.2) is 17.3 Å². The van der Waals surface area contributed by atoms with Gasteiger partial charge in [-0.3, -0.25) is 0 Å². The van der Waals surface area contributed by atoms with E-state index in [-0.39, 0.29) is 6.79 Å². The molecule has 0 amide bonds. The third-order valence-corrected chi connectivity index (χ3v) is 2.57. The molecule has 1 aliphatic rings. The van der Waals surface area contributed by atoms with Crippen LogP contribution in [0.5, 0.6) is 11.5 Å². The van der Waals surface area contributed by atoms with Gasteiger partial charge in [-0.05, 0) is 24.6 Å². The van der Waals surface area contributed by atoms with E-state index in [1.807, 2.05) is 6.92 Å². The van der Waals surface area contributed by atoms with Crippen LogP contribution >= 0.6 is 0 Å². The van der Waals surface area contributed by atoms with Gasteiger partial charge < -0.3 is 24.1 Å². The smallest absolute Gasteiger partial charge is 0.230 e. The normalized spacial score (nSPS) is 15.4. The second-order valence-corrected chi connectivity index (χ2v) is 3.69. The van der Waals surface area contributed by atoms with Gasteiger partial charge in [-0.15, -0.1) is 0 Å². The van der Waals surface area contributed by atoms with Crippen molar-refractivity contribution < 1.29 is 24.1 Å². The van der Waals surface area contributed by atoms with Gasteiger partial charge in [0.05, 0.1) is 13.7 Å². The SMILES string of the molecule is CCOc1cc(C(O)C2=COCO2)ccc1OC.